The molecule has 1 aliphatic rings. The molecule has 1 unspecified atom stereocenters. The van der Waals surface area contributed by atoms with Crippen molar-refractivity contribution in [1.82, 2.24) is 4.98 Å². The van der Waals surface area contributed by atoms with Gasteiger partial charge in [-0.3, -0.25) is 0 Å². The van der Waals surface area contributed by atoms with Gasteiger partial charge in [0.05, 0.1) is 0 Å². The minimum absolute atomic E-state index is 0.317. The summed E-state index contributed by atoms with van der Waals surface area (Å²) in [4.78, 5) is 6.98. The first-order valence-corrected chi connectivity index (χ1v) is 7.46. The molecule has 0 saturated carbocycles. The van der Waals surface area contributed by atoms with Crippen LogP contribution in [0.5, 0.6) is 0 Å². The Morgan fingerprint density at radius 2 is 2.17 bits per heavy atom. The van der Waals surface area contributed by atoms with Crippen molar-refractivity contribution >= 4 is 27.2 Å². The molecular formula is C14H19N3S. The van der Waals surface area contributed by atoms with Crippen LogP contribution in [0.4, 0.5) is 5.82 Å². The molecule has 1 saturated heterocycles. The Bertz CT molecular complexity index is 527. The normalized spacial score (nSPS) is 19.3. The number of nitrogens with two attached hydrogens (primary N) is 1. The van der Waals surface area contributed by atoms with Crippen molar-refractivity contribution in [2.45, 2.75) is 25.8 Å². The van der Waals surface area contributed by atoms with Crippen LogP contribution in [-0.2, 0) is 0 Å². The van der Waals surface area contributed by atoms with Crippen LogP contribution in [0.15, 0.2) is 23.7 Å². The van der Waals surface area contributed by atoms with Crippen molar-refractivity contribution in [1.29, 1.82) is 0 Å². The van der Waals surface area contributed by atoms with E-state index in [0.717, 1.165) is 18.9 Å². The molecule has 1 aliphatic heterocycles. The van der Waals surface area contributed by atoms with E-state index in [2.05, 4.69) is 34.3 Å². The topological polar surface area (TPSA) is 42.1 Å². The van der Waals surface area contributed by atoms with E-state index in [-0.39, 0.29) is 0 Å². The maximum atomic E-state index is 5.99. The molecule has 2 aromatic heterocycles. The fourth-order valence-electron chi connectivity index (χ4n) is 2.77. The van der Waals surface area contributed by atoms with Crippen LogP contribution in [0.25, 0.3) is 10.1 Å². The maximum absolute atomic E-state index is 5.99. The average molecular weight is 261 g/mol. The van der Waals surface area contributed by atoms with E-state index in [9.17, 15) is 0 Å². The molecule has 1 fully saturated rings. The lowest BCUT2D eigenvalue weighted by molar-refractivity contribution is 0.354. The number of fused-ring (bicyclic) bond motifs is 1. The lowest BCUT2D eigenvalue weighted by Gasteiger charge is -2.34. The quantitative estimate of drug-likeness (QED) is 0.904. The maximum Gasteiger partial charge on any atom is 0.137 e. The average Bonchev–Trinajstić information content (AvgIpc) is 2.87. The minimum Gasteiger partial charge on any atom is -0.356 e. The fourth-order valence-corrected chi connectivity index (χ4v) is 3.55. The highest BCUT2D eigenvalue weighted by Gasteiger charge is 2.23. The molecule has 4 heteroatoms. The number of hydrogen-bond donors (Lipinski definition) is 1. The van der Waals surface area contributed by atoms with E-state index < -0.39 is 0 Å². The van der Waals surface area contributed by atoms with Crippen molar-refractivity contribution in [3.63, 3.8) is 0 Å². The molecule has 0 aliphatic carbocycles. The Labute approximate surface area is 112 Å². The summed E-state index contributed by atoms with van der Waals surface area (Å²) < 4.78 is 1.33. The molecule has 0 radical (unpaired) electrons. The van der Waals surface area contributed by atoms with E-state index in [1.165, 1.54) is 22.9 Å². The van der Waals surface area contributed by atoms with Crippen molar-refractivity contribution in [2.75, 3.05) is 18.0 Å². The summed E-state index contributed by atoms with van der Waals surface area (Å²) >= 11 is 1.78. The van der Waals surface area contributed by atoms with Gasteiger partial charge in [0, 0.05) is 35.4 Å². The number of pyridine rings is 1. The second-order valence-electron chi connectivity index (χ2n) is 5.15. The Hall–Kier alpha value is -1.13. The third kappa shape index (κ3) is 2.10. The lowest BCUT2D eigenvalue weighted by atomic mass is 9.91. The van der Waals surface area contributed by atoms with Gasteiger partial charge in [-0.2, -0.15) is 0 Å². The highest BCUT2D eigenvalue weighted by atomic mass is 32.1. The smallest absolute Gasteiger partial charge is 0.137 e. The highest BCUT2D eigenvalue weighted by Crippen LogP contribution is 2.31. The summed E-state index contributed by atoms with van der Waals surface area (Å²) in [6.45, 7) is 4.28. The molecule has 18 heavy (non-hydrogen) atoms. The second kappa shape index (κ2) is 4.86. The van der Waals surface area contributed by atoms with Gasteiger partial charge in [-0.05, 0) is 43.2 Å². The summed E-state index contributed by atoms with van der Waals surface area (Å²) in [6.07, 6.45) is 4.28. The molecule has 2 aromatic rings. The van der Waals surface area contributed by atoms with E-state index >= 15 is 0 Å². The van der Waals surface area contributed by atoms with Gasteiger partial charge in [0.25, 0.3) is 0 Å². The highest BCUT2D eigenvalue weighted by molar-refractivity contribution is 7.17. The second-order valence-corrected chi connectivity index (χ2v) is 6.10. The molecule has 2 N–H and O–H groups in total. The van der Waals surface area contributed by atoms with Crippen LogP contribution in [0.3, 0.4) is 0 Å². The van der Waals surface area contributed by atoms with Crippen LogP contribution < -0.4 is 10.6 Å². The molecule has 1 atom stereocenters. The van der Waals surface area contributed by atoms with Crippen LogP contribution in [-0.4, -0.2) is 24.1 Å². The number of aromatic nitrogens is 1. The molecule has 0 bridgehead atoms. The van der Waals surface area contributed by atoms with E-state index in [1.54, 1.807) is 11.3 Å². The van der Waals surface area contributed by atoms with E-state index in [4.69, 9.17) is 5.73 Å². The predicted octanol–water partition coefficient (Wildman–Crippen LogP) is 2.86. The molecule has 0 aromatic carbocycles. The summed E-state index contributed by atoms with van der Waals surface area (Å²) in [6, 6.07) is 4.59. The number of rotatable bonds is 2. The third-order valence-corrected chi connectivity index (χ3v) is 4.82. The van der Waals surface area contributed by atoms with Gasteiger partial charge < -0.3 is 10.6 Å². The van der Waals surface area contributed by atoms with Gasteiger partial charge in [0.1, 0.15) is 5.82 Å². The number of anilines is 1. The Morgan fingerprint density at radius 1 is 1.39 bits per heavy atom. The number of nitrogens with zero attached hydrogens (tertiary/aromatic N) is 2. The summed E-state index contributed by atoms with van der Waals surface area (Å²) in [5, 5.41) is 3.44. The zero-order valence-electron chi connectivity index (χ0n) is 10.7. The zero-order chi connectivity index (χ0) is 12.5. The van der Waals surface area contributed by atoms with E-state index in [0.29, 0.717) is 12.0 Å². The summed E-state index contributed by atoms with van der Waals surface area (Å²) in [5.41, 5.74) is 5.99. The monoisotopic (exact) mass is 261 g/mol. The molecule has 3 rings (SSSR count). The predicted molar refractivity (Wildman–Crippen MR) is 78.2 cm³/mol. The van der Waals surface area contributed by atoms with Crippen LogP contribution >= 0.6 is 11.3 Å². The Morgan fingerprint density at radius 3 is 2.89 bits per heavy atom. The number of hydrogen-bond acceptors (Lipinski definition) is 4. The van der Waals surface area contributed by atoms with Crippen molar-refractivity contribution < 1.29 is 0 Å². The molecule has 96 valence electrons. The van der Waals surface area contributed by atoms with Crippen LogP contribution in [0.1, 0.15) is 19.8 Å². The zero-order valence-corrected chi connectivity index (χ0v) is 11.5. The largest absolute Gasteiger partial charge is 0.356 e. The fraction of sp³-hybridized carbons (Fsp3) is 0.500. The first kappa shape index (κ1) is 11.9. The molecular weight excluding hydrogens is 242 g/mol. The first-order chi connectivity index (χ1) is 8.75. The van der Waals surface area contributed by atoms with Gasteiger partial charge >= 0.3 is 0 Å². The SMILES string of the molecule is CC(N)C1CCN(c2nccc3sccc23)CC1. The Balaban J connectivity index is 1.82. The van der Waals surface area contributed by atoms with Crippen LogP contribution in [0, 0.1) is 5.92 Å². The minimum atomic E-state index is 0.317. The molecule has 3 nitrogen and oxygen atoms in total. The van der Waals surface area contributed by atoms with Gasteiger partial charge in [0.2, 0.25) is 0 Å². The number of piperidine rings is 1. The summed E-state index contributed by atoms with van der Waals surface area (Å²) in [5.74, 6) is 1.82. The molecule has 0 amide bonds. The van der Waals surface area contributed by atoms with Gasteiger partial charge in [0.15, 0.2) is 0 Å². The lowest BCUT2D eigenvalue weighted by Crippen LogP contribution is -2.40. The van der Waals surface area contributed by atoms with Crippen molar-refractivity contribution in [2.24, 2.45) is 11.7 Å². The van der Waals surface area contributed by atoms with Crippen molar-refractivity contribution in [3.8, 4) is 0 Å². The summed E-state index contributed by atoms with van der Waals surface area (Å²) in [7, 11) is 0. The van der Waals surface area contributed by atoms with Gasteiger partial charge in [-0.25, -0.2) is 4.98 Å². The van der Waals surface area contributed by atoms with Crippen LogP contribution in [0.2, 0.25) is 0 Å². The number of thiophene rings is 1. The molecule has 0 spiro atoms. The first-order valence-electron chi connectivity index (χ1n) is 6.58. The van der Waals surface area contributed by atoms with Gasteiger partial charge in [-0.1, -0.05) is 0 Å². The molecule has 3 heterocycles. The van der Waals surface area contributed by atoms with E-state index in [1.807, 2.05) is 6.20 Å². The third-order valence-electron chi connectivity index (χ3n) is 3.94. The van der Waals surface area contributed by atoms with Crippen molar-refractivity contribution in [3.05, 3.63) is 23.7 Å². The Kier molecular flexibility index (Phi) is 3.22. The van der Waals surface area contributed by atoms with Gasteiger partial charge in [-0.15, -0.1) is 11.3 Å². The standard InChI is InChI=1S/C14H19N3S/c1-10(15)11-3-7-17(8-4-11)14-12-5-9-18-13(12)2-6-16-14/h2,5-6,9-11H,3-4,7-8,15H2,1H3.